The van der Waals surface area contributed by atoms with E-state index in [1.54, 1.807) is 0 Å². The number of imidazole rings is 2. The molecule has 0 bridgehead atoms. The van der Waals surface area contributed by atoms with Gasteiger partial charge in [-0.3, -0.25) is 0 Å². The first-order valence-corrected chi connectivity index (χ1v) is 7.84. The second kappa shape index (κ2) is 5.78. The van der Waals surface area contributed by atoms with E-state index in [0.29, 0.717) is 11.1 Å². The van der Waals surface area contributed by atoms with Crippen LogP contribution in [0.15, 0.2) is 57.6 Å². The van der Waals surface area contributed by atoms with E-state index in [1.807, 2.05) is 69.8 Å². The molecule has 1 aliphatic carbocycles. The molecule has 0 aliphatic heterocycles. The van der Waals surface area contributed by atoms with E-state index in [2.05, 4.69) is 0 Å². The molecule has 2 aromatic heterocycles. The van der Waals surface area contributed by atoms with Crippen LogP contribution in [0.5, 0.6) is 0 Å². The number of nitrogens with zero attached hydrogens (tertiary/aromatic N) is 4. The number of rotatable bonds is 2. The van der Waals surface area contributed by atoms with Gasteiger partial charge in [0.25, 0.3) is 0 Å². The summed E-state index contributed by atoms with van der Waals surface area (Å²) in [5.41, 5.74) is 2.94. The Morgan fingerprint density at radius 1 is 0.773 bits per heavy atom. The normalized spacial score (nSPS) is 14.5. The van der Waals surface area contributed by atoms with Crippen LogP contribution < -0.4 is 9.13 Å². The average Bonchev–Trinajstić information content (AvgIpc) is 2.97. The summed E-state index contributed by atoms with van der Waals surface area (Å²) in [6, 6.07) is 0. The van der Waals surface area contributed by atoms with Gasteiger partial charge in [-0.05, 0) is 0 Å². The van der Waals surface area contributed by atoms with E-state index in [1.165, 1.54) is 0 Å². The molecule has 0 saturated carbocycles. The number of aromatic nitrogens is 4. The summed E-state index contributed by atoms with van der Waals surface area (Å²) in [4.78, 5) is 0. The van der Waals surface area contributed by atoms with Crippen molar-refractivity contribution in [2.45, 2.75) is 0 Å². The highest BCUT2D eigenvalue weighted by Gasteiger charge is 2.43. The summed E-state index contributed by atoms with van der Waals surface area (Å²) in [7, 11) is 3.87. The van der Waals surface area contributed by atoms with Crippen molar-refractivity contribution >= 4 is 57.8 Å². The van der Waals surface area contributed by atoms with Gasteiger partial charge in [-0.2, -0.15) is 9.13 Å². The van der Waals surface area contributed by atoms with Crippen molar-refractivity contribution in [3.05, 3.63) is 57.6 Å². The Morgan fingerprint density at radius 2 is 1.14 bits per heavy atom. The maximum atomic E-state index is 6.05. The van der Waals surface area contributed by atoms with Gasteiger partial charge < -0.3 is 0 Å². The maximum absolute atomic E-state index is 6.05. The Morgan fingerprint density at radius 3 is 1.36 bits per heavy atom. The molecule has 4 nitrogen and oxygen atoms in total. The van der Waals surface area contributed by atoms with Gasteiger partial charge in [0, 0.05) is 0 Å². The molecule has 0 unspecified atom stereocenters. The Bertz CT molecular complexity index is 776. The van der Waals surface area contributed by atoms with Gasteiger partial charge in [-0.25, -0.2) is 9.13 Å². The molecule has 0 fully saturated rings. The van der Waals surface area contributed by atoms with Crippen molar-refractivity contribution in [1.29, 1.82) is 0 Å². The molecule has 0 aromatic carbocycles. The third-order valence-corrected chi connectivity index (χ3v) is 4.14. The first kappa shape index (κ1) is 15.7. The van der Waals surface area contributed by atoms with Gasteiger partial charge >= 0.3 is 0 Å². The monoisotopic (exact) mass is 376 g/mol. The molecule has 3 rings (SSSR count). The molecule has 22 heavy (non-hydrogen) atoms. The van der Waals surface area contributed by atoms with Crippen LogP contribution in [-0.4, -0.2) is 9.13 Å². The fourth-order valence-electron chi connectivity index (χ4n) is 2.45. The van der Waals surface area contributed by atoms with Crippen molar-refractivity contribution in [2.24, 2.45) is 14.1 Å². The van der Waals surface area contributed by atoms with Crippen molar-refractivity contribution in [3.63, 3.8) is 0 Å². The van der Waals surface area contributed by atoms with Crippen LogP contribution in [0.25, 0.3) is 11.4 Å². The van der Waals surface area contributed by atoms with Gasteiger partial charge in [-0.15, -0.1) is 0 Å². The van der Waals surface area contributed by atoms with Gasteiger partial charge in [0.15, 0.2) is 11.4 Å². The van der Waals surface area contributed by atoms with Gasteiger partial charge in [0.05, 0.1) is 25.2 Å². The van der Waals surface area contributed by atoms with Crippen LogP contribution in [0.1, 0.15) is 0 Å². The minimum absolute atomic E-state index is 0.125. The molecule has 114 valence electrons. The van der Waals surface area contributed by atoms with Crippen LogP contribution in [0.3, 0.4) is 0 Å². The minimum Gasteiger partial charge on any atom is -0.239 e. The van der Waals surface area contributed by atoms with Gasteiger partial charge in [0.2, 0.25) is 12.7 Å². The second-order valence-corrected chi connectivity index (χ2v) is 6.84. The standard InChI is InChI=1S/C14H12Cl4N4/c1-19-3-5-21(7-19)11-9(13(15)16)10(14(17)18)12(11)22-6-4-20(2)8-22/h3-8H,1-2H3/q+2. The Kier molecular flexibility index (Phi) is 4.12. The second-order valence-electron chi connectivity index (χ2n) is 4.94. The van der Waals surface area contributed by atoms with Crippen LogP contribution in [0.4, 0.5) is 0 Å². The lowest BCUT2D eigenvalue weighted by atomic mass is 9.88. The third-order valence-electron chi connectivity index (χ3n) is 3.38. The predicted octanol–water partition coefficient (Wildman–Crippen LogP) is 3.16. The highest BCUT2D eigenvalue weighted by atomic mass is 35.5. The Balaban J connectivity index is 2.32. The summed E-state index contributed by atoms with van der Waals surface area (Å²) in [5.74, 6) is 0. The van der Waals surface area contributed by atoms with Gasteiger partial charge in [-0.1, -0.05) is 46.4 Å². The highest BCUT2D eigenvalue weighted by molar-refractivity contribution is 6.60. The lowest BCUT2D eigenvalue weighted by molar-refractivity contribution is -0.670. The minimum atomic E-state index is 0.125. The molecular formula is C14H12Cl4N4+2. The van der Waals surface area contributed by atoms with Crippen LogP contribution in [-0.2, 0) is 14.1 Å². The number of allylic oxidation sites excluding steroid dienone is 4. The molecule has 2 heterocycles. The van der Waals surface area contributed by atoms with E-state index < -0.39 is 0 Å². The SMILES string of the molecule is C[n+]1ccn(C2=C(n3cc[n+](C)c3)C(=C(Cl)Cl)C2=C(Cl)Cl)c1. The zero-order chi connectivity index (χ0) is 16.0. The van der Waals surface area contributed by atoms with E-state index in [-0.39, 0.29) is 8.98 Å². The average molecular weight is 378 g/mol. The first-order valence-electron chi connectivity index (χ1n) is 6.33. The molecule has 0 amide bonds. The van der Waals surface area contributed by atoms with Crippen molar-refractivity contribution in [1.82, 2.24) is 9.13 Å². The molecule has 0 radical (unpaired) electrons. The van der Waals surface area contributed by atoms with Crippen LogP contribution in [0.2, 0.25) is 0 Å². The smallest absolute Gasteiger partial charge is 0.239 e. The van der Waals surface area contributed by atoms with E-state index in [4.69, 9.17) is 46.4 Å². The van der Waals surface area contributed by atoms with Crippen molar-refractivity contribution in [3.8, 4) is 0 Å². The fourth-order valence-corrected chi connectivity index (χ4v) is 3.18. The zero-order valence-electron chi connectivity index (χ0n) is 11.8. The summed E-state index contributed by atoms with van der Waals surface area (Å²) >= 11 is 24.2. The van der Waals surface area contributed by atoms with E-state index in [0.717, 1.165) is 11.4 Å². The van der Waals surface area contributed by atoms with E-state index in [9.17, 15) is 0 Å². The Labute approximate surface area is 147 Å². The fraction of sp³-hybridized carbons (Fsp3) is 0.143. The van der Waals surface area contributed by atoms with Gasteiger partial charge in [0.1, 0.15) is 33.8 Å². The molecule has 8 heteroatoms. The lowest BCUT2D eigenvalue weighted by Gasteiger charge is -2.24. The summed E-state index contributed by atoms with van der Waals surface area (Å²) in [6.45, 7) is 0. The zero-order valence-corrected chi connectivity index (χ0v) is 14.8. The van der Waals surface area contributed by atoms with E-state index >= 15 is 0 Å². The summed E-state index contributed by atoms with van der Waals surface area (Å²) in [5, 5.41) is 0. The Hall–Kier alpha value is -1.20. The first-order chi connectivity index (χ1) is 10.4. The molecule has 0 N–H and O–H groups in total. The topological polar surface area (TPSA) is 17.6 Å². The molecule has 0 saturated heterocycles. The maximum Gasteiger partial charge on any atom is 0.248 e. The number of hydrogen-bond acceptors (Lipinski definition) is 0. The lowest BCUT2D eigenvalue weighted by Crippen LogP contribution is -2.27. The van der Waals surface area contributed by atoms with Crippen molar-refractivity contribution < 1.29 is 9.13 Å². The summed E-state index contributed by atoms with van der Waals surface area (Å²) < 4.78 is 7.94. The predicted molar refractivity (Wildman–Crippen MR) is 88.1 cm³/mol. The molecule has 0 atom stereocenters. The molecular weight excluding hydrogens is 366 g/mol. The summed E-state index contributed by atoms with van der Waals surface area (Å²) in [6.07, 6.45) is 11.5. The van der Waals surface area contributed by atoms with Crippen LogP contribution in [0, 0.1) is 0 Å². The quantitative estimate of drug-likeness (QED) is 0.715. The van der Waals surface area contributed by atoms with Crippen LogP contribution >= 0.6 is 46.4 Å². The largest absolute Gasteiger partial charge is 0.248 e. The molecule has 2 aromatic rings. The highest BCUT2D eigenvalue weighted by Crippen LogP contribution is 2.51. The molecule has 1 aliphatic rings. The number of aryl methyl sites for hydroxylation is 2. The third kappa shape index (κ3) is 2.50. The number of halogens is 4. The molecule has 0 spiro atoms. The number of hydrogen-bond donors (Lipinski definition) is 0. The van der Waals surface area contributed by atoms with Crippen molar-refractivity contribution in [2.75, 3.05) is 0 Å².